The number of fused-ring (bicyclic) bond motifs is 1. The van der Waals surface area contributed by atoms with Crippen LogP contribution in [0.15, 0.2) is 59.3 Å². The van der Waals surface area contributed by atoms with E-state index in [2.05, 4.69) is 25.7 Å². The maximum atomic E-state index is 10.2. The molecule has 2 aromatic rings. The highest BCUT2D eigenvalue weighted by molar-refractivity contribution is 6.10. The van der Waals surface area contributed by atoms with Crippen molar-refractivity contribution in [2.45, 2.75) is 19.4 Å². The fourth-order valence-electron chi connectivity index (χ4n) is 2.63. The molecule has 1 aliphatic rings. The number of hydrogen-bond acceptors (Lipinski definition) is 7. The van der Waals surface area contributed by atoms with Crippen molar-refractivity contribution in [1.29, 1.82) is 0 Å². The van der Waals surface area contributed by atoms with Gasteiger partial charge in [0.25, 0.3) is 0 Å². The van der Waals surface area contributed by atoms with Crippen molar-refractivity contribution in [2.24, 2.45) is 10.7 Å². The Morgan fingerprint density at radius 1 is 1.37 bits per heavy atom. The van der Waals surface area contributed by atoms with Crippen LogP contribution in [0.4, 0.5) is 5.82 Å². The van der Waals surface area contributed by atoms with Crippen molar-refractivity contribution in [1.82, 2.24) is 15.4 Å². The first kappa shape index (κ1) is 18.6. The zero-order valence-electron chi connectivity index (χ0n) is 15.6. The molecule has 140 valence electrons. The smallest absolute Gasteiger partial charge is 0.228 e. The van der Waals surface area contributed by atoms with Gasteiger partial charge in [0.05, 0.1) is 22.8 Å². The number of nitrogens with one attached hydrogen (secondary N) is 2. The average Bonchev–Trinajstić information content (AvgIpc) is 2.65. The number of hydrogen-bond donors (Lipinski definition) is 5. The van der Waals surface area contributed by atoms with Crippen LogP contribution in [0.25, 0.3) is 16.6 Å². The molecule has 3 heterocycles. The number of anilines is 1. The quantitative estimate of drug-likeness (QED) is 0.390. The monoisotopic (exact) mass is 366 g/mol. The summed E-state index contributed by atoms with van der Waals surface area (Å²) in [5, 5.41) is 13.4. The van der Waals surface area contributed by atoms with Crippen molar-refractivity contribution >= 4 is 28.6 Å². The van der Waals surface area contributed by atoms with E-state index in [1.54, 1.807) is 39.5 Å². The standard InChI is InChI=1S/C19H23N7O/c1-19(2,27)14-7-18(26-23-11-14)25-17-5-4-15-16(24-17)6-12(10-22-15)13(8-20)9-21-3/h4-11,23,26-27H,20H2,1-3H3,(H,24,25)/p+1. The number of rotatable bonds is 5. The molecule has 0 atom stereocenters. The molecule has 0 aromatic carbocycles. The summed E-state index contributed by atoms with van der Waals surface area (Å²) < 4.78 is 0. The third kappa shape index (κ3) is 4.30. The number of pyridine rings is 2. The average molecular weight is 366 g/mol. The largest absolute Gasteiger partial charge is 0.404 e. The van der Waals surface area contributed by atoms with Gasteiger partial charge in [0.15, 0.2) is 0 Å². The Hall–Kier alpha value is -3.23. The van der Waals surface area contributed by atoms with Crippen LogP contribution < -0.4 is 21.9 Å². The highest BCUT2D eigenvalue weighted by Gasteiger charge is 2.22. The highest BCUT2D eigenvalue weighted by Crippen LogP contribution is 2.20. The Balaban J connectivity index is 1.90. The Labute approximate surface area is 157 Å². The van der Waals surface area contributed by atoms with Gasteiger partial charge in [-0.25, -0.2) is 10.4 Å². The van der Waals surface area contributed by atoms with Gasteiger partial charge in [-0.15, -0.1) is 0 Å². The normalized spacial score (nSPS) is 15.5. The Morgan fingerprint density at radius 3 is 2.89 bits per heavy atom. The fourth-order valence-corrected chi connectivity index (χ4v) is 2.63. The third-order valence-electron chi connectivity index (χ3n) is 4.09. The summed E-state index contributed by atoms with van der Waals surface area (Å²) in [6, 6.07) is 5.68. The molecule has 0 radical (unpaired) electrons. The number of aromatic nitrogens is 2. The second-order valence-electron chi connectivity index (χ2n) is 6.66. The number of allylic oxidation sites excluding steroid dienone is 1. The van der Waals surface area contributed by atoms with Gasteiger partial charge >= 0.3 is 0 Å². The third-order valence-corrected chi connectivity index (χ3v) is 4.09. The molecule has 2 aromatic heterocycles. The predicted octanol–water partition coefficient (Wildman–Crippen LogP) is 0.620. The molecule has 3 rings (SSSR count). The lowest BCUT2D eigenvalue weighted by molar-refractivity contribution is -0.656. The minimum atomic E-state index is -0.935. The van der Waals surface area contributed by atoms with Gasteiger partial charge in [-0.1, -0.05) is 0 Å². The van der Waals surface area contributed by atoms with E-state index in [9.17, 15) is 5.11 Å². The molecule has 0 saturated heterocycles. The van der Waals surface area contributed by atoms with Crippen molar-refractivity contribution in [3.05, 3.63) is 59.8 Å². The van der Waals surface area contributed by atoms with Crippen LogP contribution in [0.2, 0.25) is 0 Å². The first-order valence-electron chi connectivity index (χ1n) is 8.53. The van der Waals surface area contributed by atoms with E-state index >= 15 is 0 Å². The molecule has 8 heteroatoms. The molecule has 0 amide bonds. The molecule has 0 spiro atoms. The Bertz CT molecular complexity index is 968. The fraction of sp³-hybridized carbons (Fsp3) is 0.211. The predicted molar refractivity (Wildman–Crippen MR) is 107 cm³/mol. The number of aliphatic imine (C=N–C) groups is 1. The van der Waals surface area contributed by atoms with E-state index in [0.717, 1.165) is 33.6 Å². The van der Waals surface area contributed by atoms with E-state index in [1.165, 1.54) is 6.20 Å². The van der Waals surface area contributed by atoms with Crippen molar-refractivity contribution in [2.75, 3.05) is 12.4 Å². The van der Waals surface area contributed by atoms with E-state index in [-0.39, 0.29) is 0 Å². The first-order valence-corrected chi connectivity index (χ1v) is 8.53. The van der Waals surface area contributed by atoms with Gasteiger partial charge in [-0.05, 0) is 32.0 Å². The van der Waals surface area contributed by atoms with Gasteiger partial charge in [-0.2, -0.15) is 5.43 Å². The molecular formula is C19H24N7O+. The summed E-state index contributed by atoms with van der Waals surface area (Å²) in [6.07, 6.45) is 8.58. The molecule has 8 nitrogen and oxygen atoms in total. The van der Waals surface area contributed by atoms with Gasteiger partial charge < -0.3 is 10.8 Å². The Kier molecular flexibility index (Phi) is 5.20. The van der Waals surface area contributed by atoms with Gasteiger partial charge in [-0.3, -0.25) is 15.3 Å². The SMILES string of the molecule is CN=CC(=CN)c1cnc2ccc(NC3=CC(C(C)(C)O)=CN[NH2+]3)nc2c1. The number of nitrogens with zero attached hydrogens (tertiary/aromatic N) is 3. The minimum absolute atomic E-state index is 0.671. The van der Waals surface area contributed by atoms with Crippen molar-refractivity contribution in [3.8, 4) is 0 Å². The summed E-state index contributed by atoms with van der Waals surface area (Å²) >= 11 is 0. The molecule has 0 unspecified atom stereocenters. The number of aliphatic hydroxyl groups is 1. The molecule has 27 heavy (non-hydrogen) atoms. The lowest BCUT2D eigenvalue weighted by Gasteiger charge is -2.22. The van der Waals surface area contributed by atoms with Crippen molar-refractivity contribution < 1.29 is 10.5 Å². The maximum Gasteiger partial charge on any atom is 0.228 e. The van der Waals surface area contributed by atoms with Crippen LogP contribution in [0.5, 0.6) is 0 Å². The molecular weight excluding hydrogens is 342 g/mol. The summed E-state index contributed by atoms with van der Waals surface area (Å²) in [7, 11) is 1.69. The second kappa shape index (κ2) is 7.56. The molecule has 7 N–H and O–H groups in total. The van der Waals surface area contributed by atoms with Gasteiger partial charge in [0, 0.05) is 48.4 Å². The van der Waals surface area contributed by atoms with Gasteiger partial charge in [0.2, 0.25) is 5.82 Å². The molecule has 1 aliphatic heterocycles. The number of nitrogens with two attached hydrogens (primary N) is 2. The van der Waals surface area contributed by atoms with Gasteiger partial charge in [0.1, 0.15) is 5.82 Å². The van der Waals surface area contributed by atoms with Crippen LogP contribution in [-0.2, 0) is 0 Å². The second-order valence-corrected chi connectivity index (χ2v) is 6.66. The highest BCUT2D eigenvalue weighted by atomic mass is 16.3. The maximum absolute atomic E-state index is 10.2. The summed E-state index contributed by atoms with van der Waals surface area (Å²) in [4.78, 5) is 13.1. The minimum Gasteiger partial charge on any atom is -0.404 e. The Morgan fingerprint density at radius 2 is 2.19 bits per heavy atom. The van der Waals surface area contributed by atoms with Crippen LogP contribution >= 0.6 is 0 Å². The van der Waals surface area contributed by atoms with E-state index in [0.29, 0.717) is 5.82 Å². The lowest BCUT2D eigenvalue weighted by atomic mass is 9.98. The topological polar surface area (TPSA) is 125 Å². The van der Waals surface area contributed by atoms with Crippen molar-refractivity contribution in [3.63, 3.8) is 0 Å². The van der Waals surface area contributed by atoms with E-state index in [1.807, 2.05) is 29.7 Å². The number of quaternary nitrogens is 1. The van der Waals surface area contributed by atoms with E-state index in [4.69, 9.17) is 5.73 Å². The van der Waals surface area contributed by atoms with Crippen LogP contribution in [0.1, 0.15) is 19.4 Å². The van der Waals surface area contributed by atoms with Crippen LogP contribution in [-0.4, -0.2) is 33.9 Å². The van der Waals surface area contributed by atoms with Crippen LogP contribution in [0, 0.1) is 0 Å². The van der Waals surface area contributed by atoms with E-state index < -0.39 is 5.60 Å². The summed E-state index contributed by atoms with van der Waals surface area (Å²) in [6.45, 7) is 3.48. The molecule has 0 bridgehead atoms. The first-order chi connectivity index (χ1) is 12.9. The van der Waals surface area contributed by atoms with Crippen LogP contribution in [0.3, 0.4) is 0 Å². The lowest BCUT2D eigenvalue weighted by Crippen LogP contribution is -2.92. The molecule has 0 fully saturated rings. The summed E-state index contributed by atoms with van der Waals surface area (Å²) in [5.74, 6) is 1.47. The molecule has 0 saturated carbocycles. The zero-order valence-corrected chi connectivity index (χ0v) is 15.6. The summed E-state index contributed by atoms with van der Waals surface area (Å²) in [5.41, 5.74) is 13.5. The zero-order chi connectivity index (χ0) is 19.4. The molecule has 0 aliphatic carbocycles.